The standard InChI is InChI=1S/C21H23N3O3/c25-21(11-10-17-6-5-9-20(14-17)24(26)27)22-15-18-7-1-2-8-19(18)16-23-12-3-4-13-23/h1-2,5-11,14H,3-4,12-13,15-16H2,(H,22,25)/b11-10+. The second-order valence-electron chi connectivity index (χ2n) is 6.66. The average Bonchev–Trinajstić information content (AvgIpc) is 3.19. The molecule has 1 saturated heterocycles. The first-order valence-corrected chi connectivity index (χ1v) is 9.11. The van der Waals surface area contributed by atoms with E-state index < -0.39 is 4.92 Å². The third kappa shape index (κ3) is 5.49. The topological polar surface area (TPSA) is 75.5 Å². The highest BCUT2D eigenvalue weighted by Crippen LogP contribution is 2.16. The molecule has 3 rings (SSSR count). The van der Waals surface area contributed by atoms with Crippen molar-refractivity contribution in [3.8, 4) is 0 Å². The summed E-state index contributed by atoms with van der Waals surface area (Å²) in [7, 11) is 0. The normalized spacial score (nSPS) is 14.5. The molecular formula is C21H23N3O3. The van der Waals surface area contributed by atoms with Crippen molar-refractivity contribution >= 4 is 17.7 Å². The lowest BCUT2D eigenvalue weighted by Crippen LogP contribution is -2.23. The van der Waals surface area contributed by atoms with Gasteiger partial charge in [-0.05, 0) is 48.7 Å². The van der Waals surface area contributed by atoms with E-state index >= 15 is 0 Å². The molecule has 1 aliphatic rings. The number of rotatable bonds is 7. The first-order valence-electron chi connectivity index (χ1n) is 9.11. The second-order valence-corrected chi connectivity index (χ2v) is 6.66. The van der Waals surface area contributed by atoms with Crippen molar-refractivity contribution in [1.29, 1.82) is 0 Å². The first-order chi connectivity index (χ1) is 13.1. The minimum atomic E-state index is -0.450. The Labute approximate surface area is 158 Å². The third-order valence-corrected chi connectivity index (χ3v) is 4.67. The molecule has 0 aliphatic carbocycles. The fraction of sp³-hybridized carbons (Fsp3) is 0.286. The summed E-state index contributed by atoms with van der Waals surface area (Å²) in [6.07, 6.45) is 5.49. The quantitative estimate of drug-likeness (QED) is 0.463. The van der Waals surface area contributed by atoms with E-state index in [0.717, 1.165) is 25.2 Å². The van der Waals surface area contributed by atoms with E-state index in [1.54, 1.807) is 18.2 Å². The Morgan fingerprint density at radius 2 is 1.85 bits per heavy atom. The van der Waals surface area contributed by atoms with Gasteiger partial charge < -0.3 is 5.32 Å². The van der Waals surface area contributed by atoms with Crippen LogP contribution in [0.4, 0.5) is 5.69 Å². The van der Waals surface area contributed by atoms with Gasteiger partial charge in [0.05, 0.1) is 4.92 Å². The summed E-state index contributed by atoms with van der Waals surface area (Å²) in [4.78, 5) is 24.9. The van der Waals surface area contributed by atoms with E-state index in [2.05, 4.69) is 16.3 Å². The smallest absolute Gasteiger partial charge is 0.270 e. The van der Waals surface area contributed by atoms with Crippen LogP contribution in [0.15, 0.2) is 54.6 Å². The molecule has 6 heteroatoms. The number of nitrogens with zero attached hydrogens (tertiary/aromatic N) is 2. The van der Waals surface area contributed by atoms with Gasteiger partial charge in [0, 0.05) is 31.3 Å². The molecule has 0 atom stereocenters. The zero-order chi connectivity index (χ0) is 19.1. The maximum atomic E-state index is 12.1. The fourth-order valence-corrected chi connectivity index (χ4v) is 3.22. The Bertz CT molecular complexity index is 842. The Kier molecular flexibility index (Phi) is 6.33. The molecule has 140 valence electrons. The van der Waals surface area contributed by atoms with Crippen LogP contribution in [-0.2, 0) is 17.9 Å². The van der Waals surface area contributed by atoms with E-state index in [4.69, 9.17) is 0 Å². The maximum absolute atomic E-state index is 12.1. The first kappa shape index (κ1) is 18.8. The van der Waals surface area contributed by atoms with Crippen LogP contribution < -0.4 is 5.32 Å². The molecule has 0 spiro atoms. The van der Waals surface area contributed by atoms with Crippen LogP contribution >= 0.6 is 0 Å². The lowest BCUT2D eigenvalue weighted by molar-refractivity contribution is -0.384. The average molecular weight is 365 g/mol. The number of carbonyl (C=O) groups excluding carboxylic acids is 1. The summed E-state index contributed by atoms with van der Waals surface area (Å²) >= 11 is 0. The highest BCUT2D eigenvalue weighted by atomic mass is 16.6. The Morgan fingerprint density at radius 3 is 2.59 bits per heavy atom. The van der Waals surface area contributed by atoms with Crippen LogP contribution in [-0.4, -0.2) is 28.8 Å². The van der Waals surface area contributed by atoms with Crippen molar-refractivity contribution in [2.45, 2.75) is 25.9 Å². The second kappa shape index (κ2) is 9.09. The van der Waals surface area contributed by atoms with Gasteiger partial charge in [0.25, 0.3) is 5.69 Å². The molecular weight excluding hydrogens is 342 g/mol. The van der Waals surface area contributed by atoms with Gasteiger partial charge in [0.2, 0.25) is 5.91 Å². The summed E-state index contributed by atoms with van der Waals surface area (Å²) in [5.74, 6) is -0.225. The van der Waals surface area contributed by atoms with E-state index in [0.29, 0.717) is 12.1 Å². The lowest BCUT2D eigenvalue weighted by atomic mass is 10.1. The van der Waals surface area contributed by atoms with Gasteiger partial charge in [-0.15, -0.1) is 0 Å². The monoisotopic (exact) mass is 365 g/mol. The number of hydrogen-bond acceptors (Lipinski definition) is 4. The lowest BCUT2D eigenvalue weighted by Gasteiger charge is -2.17. The zero-order valence-corrected chi connectivity index (χ0v) is 15.1. The summed E-state index contributed by atoms with van der Waals surface area (Å²) < 4.78 is 0. The number of nitro benzene ring substituents is 1. The molecule has 2 aromatic rings. The molecule has 0 saturated carbocycles. The van der Waals surface area contributed by atoms with Crippen LogP contribution in [0.3, 0.4) is 0 Å². The van der Waals surface area contributed by atoms with Gasteiger partial charge in [-0.3, -0.25) is 19.8 Å². The highest BCUT2D eigenvalue weighted by Gasteiger charge is 2.13. The van der Waals surface area contributed by atoms with Crippen molar-refractivity contribution in [2.75, 3.05) is 13.1 Å². The molecule has 6 nitrogen and oxygen atoms in total. The predicted molar refractivity (Wildman–Crippen MR) is 105 cm³/mol. The Balaban J connectivity index is 1.57. The summed E-state index contributed by atoms with van der Waals surface area (Å²) in [6.45, 7) is 3.64. The molecule has 1 fully saturated rings. The number of hydrogen-bond donors (Lipinski definition) is 1. The van der Waals surface area contributed by atoms with Crippen LogP contribution in [0.1, 0.15) is 29.5 Å². The zero-order valence-electron chi connectivity index (χ0n) is 15.1. The molecule has 1 amide bonds. The van der Waals surface area contributed by atoms with Crippen molar-refractivity contribution in [3.63, 3.8) is 0 Å². The van der Waals surface area contributed by atoms with E-state index in [-0.39, 0.29) is 11.6 Å². The van der Waals surface area contributed by atoms with Crippen LogP contribution in [0.5, 0.6) is 0 Å². The summed E-state index contributed by atoms with van der Waals surface area (Å²) in [5, 5.41) is 13.7. The van der Waals surface area contributed by atoms with Gasteiger partial charge in [0.15, 0.2) is 0 Å². The largest absolute Gasteiger partial charge is 0.348 e. The van der Waals surface area contributed by atoms with Crippen LogP contribution in [0.2, 0.25) is 0 Å². The number of likely N-dealkylation sites (tertiary alicyclic amines) is 1. The van der Waals surface area contributed by atoms with Gasteiger partial charge >= 0.3 is 0 Å². The number of nitro groups is 1. The SMILES string of the molecule is O=C(/C=C/c1cccc([N+](=O)[O-])c1)NCc1ccccc1CN1CCCC1. The minimum absolute atomic E-state index is 0.00778. The maximum Gasteiger partial charge on any atom is 0.270 e. The Hall–Kier alpha value is -2.99. The third-order valence-electron chi connectivity index (χ3n) is 4.67. The van der Waals surface area contributed by atoms with E-state index in [9.17, 15) is 14.9 Å². The van der Waals surface area contributed by atoms with E-state index in [1.165, 1.54) is 36.6 Å². The molecule has 0 bridgehead atoms. The summed E-state index contributed by atoms with van der Waals surface area (Å²) in [6, 6.07) is 14.3. The van der Waals surface area contributed by atoms with Crippen LogP contribution in [0, 0.1) is 10.1 Å². The molecule has 0 radical (unpaired) electrons. The van der Waals surface area contributed by atoms with Crippen molar-refractivity contribution in [3.05, 3.63) is 81.4 Å². The number of benzene rings is 2. The molecule has 1 N–H and O–H groups in total. The molecule has 0 aromatic heterocycles. The van der Waals surface area contributed by atoms with Gasteiger partial charge in [-0.1, -0.05) is 36.4 Å². The number of amides is 1. The number of nitrogens with one attached hydrogen (secondary N) is 1. The van der Waals surface area contributed by atoms with E-state index in [1.807, 2.05) is 18.2 Å². The number of non-ortho nitro benzene ring substituents is 1. The van der Waals surface area contributed by atoms with Crippen molar-refractivity contribution < 1.29 is 9.72 Å². The predicted octanol–water partition coefficient (Wildman–Crippen LogP) is 3.52. The Morgan fingerprint density at radius 1 is 1.11 bits per heavy atom. The molecule has 27 heavy (non-hydrogen) atoms. The fourth-order valence-electron chi connectivity index (χ4n) is 3.22. The van der Waals surface area contributed by atoms with Crippen molar-refractivity contribution in [1.82, 2.24) is 10.2 Å². The number of carbonyl (C=O) groups is 1. The minimum Gasteiger partial charge on any atom is -0.348 e. The van der Waals surface area contributed by atoms with Gasteiger partial charge in [-0.2, -0.15) is 0 Å². The molecule has 2 aromatic carbocycles. The van der Waals surface area contributed by atoms with Gasteiger partial charge in [-0.25, -0.2) is 0 Å². The molecule has 0 unspecified atom stereocenters. The highest BCUT2D eigenvalue weighted by molar-refractivity contribution is 5.91. The van der Waals surface area contributed by atoms with Crippen molar-refractivity contribution in [2.24, 2.45) is 0 Å². The van der Waals surface area contributed by atoms with Gasteiger partial charge in [0.1, 0.15) is 0 Å². The molecule has 1 heterocycles. The summed E-state index contributed by atoms with van der Waals surface area (Å²) in [5.41, 5.74) is 2.98. The van der Waals surface area contributed by atoms with Crippen LogP contribution in [0.25, 0.3) is 6.08 Å². The molecule has 1 aliphatic heterocycles.